The number of likely N-dealkylation sites (tertiary alicyclic amines) is 1. The number of piperidine rings is 1. The second-order valence-electron chi connectivity index (χ2n) is 7.99. The molecule has 0 spiro atoms. The van der Waals surface area contributed by atoms with Crippen molar-refractivity contribution in [1.29, 1.82) is 0 Å². The number of likely N-dealkylation sites (N-methyl/N-ethyl adjacent to an activating group) is 2. The molecular weight excluding hydrogens is 388 g/mol. The molecule has 3 rings (SSSR count). The van der Waals surface area contributed by atoms with Gasteiger partial charge in [0.15, 0.2) is 0 Å². The lowest BCUT2D eigenvalue weighted by atomic mass is 9.90. The zero-order valence-corrected chi connectivity index (χ0v) is 23.2. The first-order chi connectivity index (χ1) is 15.4. The third-order valence-electron chi connectivity index (χ3n) is 5.60. The molecule has 32 heavy (non-hydrogen) atoms. The summed E-state index contributed by atoms with van der Waals surface area (Å²) in [6, 6.07) is 9.36. The summed E-state index contributed by atoms with van der Waals surface area (Å²) in [6.45, 7) is 31.3. The molecule has 184 valence electrons. The average molecular weight is 443 g/mol. The molecule has 0 amide bonds. The quantitative estimate of drug-likeness (QED) is 0.454. The average Bonchev–Trinajstić information content (AvgIpc) is 2.83. The Labute approximate surface area is 202 Å². The summed E-state index contributed by atoms with van der Waals surface area (Å²) in [5, 5.41) is 0. The van der Waals surface area contributed by atoms with E-state index in [0.29, 0.717) is 12.0 Å². The van der Waals surface area contributed by atoms with Crippen LogP contribution < -0.4 is 0 Å². The van der Waals surface area contributed by atoms with Crippen LogP contribution in [0.15, 0.2) is 60.7 Å². The van der Waals surface area contributed by atoms with Gasteiger partial charge < -0.3 is 0 Å². The highest BCUT2D eigenvalue weighted by Crippen LogP contribution is 2.27. The smallest absolute Gasteiger partial charge is 0.0319 e. The summed E-state index contributed by atoms with van der Waals surface area (Å²) >= 11 is 0. The zero-order chi connectivity index (χ0) is 25.1. The Hall–Kier alpha value is -1.64. The highest BCUT2D eigenvalue weighted by molar-refractivity contribution is 5.36. The van der Waals surface area contributed by atoms with Gasteiger partial charge in [0.2, 0.25) is 0 Å². The van der Waals surface area contributed by atoms with Crippen molar-refractivity contribution in [2.45, 2.75) is 81.2 Å². The van der Waals surface area contributed by atoms with Crippen LogP contribution >= 0.6 is 0 Å². The van der Waals surface area contributed by atoms with Gasteiger partial charge in [0, 0.05) is 25.7 Å². The maximum atomic E-state index is 4.12. The summed E-state index contributed by atoms with van der Waals surface area (Å²) < 4.78 is 0. The van der Waals surface area contributed by atoms with Crippen molar-refractivity contribution in [3.05, 3.63) is 71.8 Å². The van der Waals surface area contributed by atoms with Crippen LogP contribution in [0.25, 0.3) is 0 Å². The van der Waals surface area contributed by atoms with Gasteiger partial charge in [-0.05, 0) is 55.1 Å². The summed E-state index contributed by atoms with van der Waals surface area (Å²) in [6.07, 6.45) is 6.39. The number of allylic oxidation sites excluding steroid dienone is 2. The van der Waals surface area contributed by atoms with E-state index in [1.54, 1.807) is 0 Å². The molecule has 2 aliphatic rings. The zero-order valence-electron chi connectivity index (χ0n) is 23.2. The lowest BCUT2D eigenvalue weighted by molar-refractivity contribution is 0.247. The Morgan fingerprint density at radius 2 is 1.59 bits per heavy atom. The van der Waals surface area contributed by atoms with E-state index >= 15 is 0 Å². The fourth-order valence-corrected chi connectivity index (χ4v) is 3.66. The molecule has 2 unspecified atom stereocenters. The fourth-order valence-electron chi connectivity index (χ4n) is 3.66. The monoisotopic (exact) mass is 442 g/mol. The van der Waals surface area contributed by atoms with Crippen LogP contribution in [0, 0.1) is 5.92 Å². The van der Waals surface area contributed by atoms with Crippen LogP contribution in [0.3, 0.4) is 0 Å². The molecule has 1 fully saturated rings. The van der Waals surface area contributed by atoms with E-state index in [1.807, 2.05) is 33.8 Å². The highest BCUT2D eigenvalue weighted by Gasteiger charge is 2.21. The first kappa shape index (κ1) is 32.5. The molecule has 2 atom stereocenters. The Morgan fingerprint density at radius 1 is 1.03 bits per heavy atom. The molecule has 0 aliphatic carbocycles. The van der Waals surface area contributed by atoms with Gasteiger partial charge in [-0.2, -0.15) is 0 Å². The van der Waals surface area contributed by atoms with Gasteiger partial charge in [0.25, 0.3) is 0 Å². The molecule has 0 N–H and O–H groups in total. The van der Waals surface area contributed by atoms with Gasteiger partial charge >= 0.3 is 0 Å². The van der Waals surface area contributed by atoms with Gasteiger partial charge in [-0.1, -0.05) is 111 Å². The molecule has 1 aromatic rings. The molecule has 0 saturated carbocycles. The summed E-state index contributed by atoms with van der Waals surface area (Å²) in [5.74, 6) is 0.583. The minimum absolute atomic E-state index is 0.583. The van der Waals surface area contributed by atoms with E-state index < -0.39 is 0 Å². The molecule has 0 bridgehead atoms. The number of benzene rings is 1. The number of hydrogen-bond donors (Lipinski definition) is 0. The van der Waals surface area contributed by atoms with Crippen molar-refractivity contribution in [2.24, 2.45) is 5.92 Å². The third kappa shape index (κ3) is 11.3. The van der Waals surface area contributed by atoms with Crippen LogP contribution in [0.5, 0.6) is 0 Å². The fraction of sp³-hybridized carbons (Fsp3) is 0.600. The minimum Gasteiger partial charge on any atom is -0.299 e. The van der Waals surface area contributed by atoms with Gasteiger partial charge in [0.1, 0.15) is 0 Å². The van der Waals surface area contributed by atoms with Crippen LogP contribution in [0.4, 0.5) is 0 Å². The van der Waals surface area contributed by atoms with E-state index in [0.717, 1.165) is 19.6 Å². The van der Waals surface area contributed by atoms with Crippen molar-refractivity contribution >= 4 is 0 Å². The van der Waals surface area contributed by atoms with E-state index in [1.165, 1.54) is 41.7 Å². The number of fused-ring (bicyclic) bond motifs is 1. The number of rotatable bonds is 2. The molecular formula is C30H54N2. The normalized spacial score (nSPS) is 21.2. The Morgan fingerprint density at radius 3 is 2.12 bits per heavy atom. The van der Waals surface area contributed by atoms with Crippen LogP contribution in [-0.4, -0.2) is 43.0 Å². The molecule has 2 heteroatoms. The lowest BCUT2D eigenvalue weighted by Gasteiger charge is -2.33. The van der Waals surface area contributed by atoms with Crippen LogP contribution in [0.1, 0.15) is 85.9 Å². The number of nitrogens with zero attached hydrogens (tertiary/aromatic N) is 2. The third-order valence-corrected chi connectivity index (χ3v) is 5.60. The van der Waals surface area contributed by atoms with Gasteiger partial charge in [-0.15, -0.1) is 0 Å². The van der Waals surface area contributed by atoms with Gasteiger partial charge in [-0.3, -0.25) is 9.80 Å². The first-order valence-corrected chi connectivity index (χ1v) is 12.9. The maximum Gasteiger partial charge on any atom is 0.0319 e. The van der Waals surface area contributed by atoms with Crippen molar-refractivity contribution in [3.8, 4) is 0 Å². The SMILES string of the molecule is C=C/C=C1/CN(CC)CC(C)C1=C.CC.CC.CC1c2ccccc2CCN1C.CCC. The second-order valence-corrected chi connectivity index (χ2v) is 7.99. The van der Waals surface area contributed by atoms with Crippen LogP contribution in [0.2, 0.25) is 0 Å². The standard InChI is InChI=1S/C12H19N.C11H15N.C3H8.2C2H6/c1-5-7-12-9-13(6-2)8-10(3)11(12)4;1-9-11-6-4-3-5-10(11)7-8-12(9)2;1-3-2;2*1-2/h5,7,10H,1,4,6,8-9H2,2-3H3;3-6,9H,7-8H2,1-2H3;3H2,1-2H3;2*1-2H3/b12-7-;;;;. The van der Waals surface area contributed by atoms with Crippen molar-refractivity contribution in [3.63, 3.8) is 0 Å². The lowest BCUT2D eigenvalue weighted by Crippen LogP contribution is -2.36. The molecule has 2 nitrogen and oxygen atoms in total. The first-order valence-electron chi connectivity index (χ1n) is 12.9. The molecule has 0 aromatic heterocycles. The van der Waals surface area contributed by atoms with Crippen LogP contribution in [-0.2, 0) is 6.42 Å². The molecule has 1 saturated heterocycles. The summed E-state index contributed by atoms with van der Waals surface area (Å²) in [5.41, 5.74) is 5.66. The van der Waals surface area contributed by atoms with Gasteiger partial charge in [0.05, 0.1) is 0 Å². The topological polar surface area (TPSA) is 6.48 Å². The summed E-state index contributed by atoms with van der Waals surface area (Å²) in [4.78, 5) is 4.84. The second kappa shape index (κ2) is 20.0. The Balaban J connectivity index is 0. The molecule has 2 aliphatic heterocycles. The van der Waals surface area contributed by atoms with E-state index in [4.69, 9.17) is 0 Å². The Bertz CT molecular complexity index is 644. The Kier molecular flexibility index (Phi) is 20.3. The van der Waals surface area contributed by atoms with Crippen molar-refractivity contribution in [1.82, 2.24) is 9.80 Å². The van der Waals surface area contributed by atoms with E-state index in [9.17, 15) is 0 Å². The highest BCUT2D eigenvalue weighted by atomic mass is 15.1. The summed E-state index contributed by atoms with van der Waals surface area (Å²) in [7, 11) is 2.20. The molecule has 2 heterocycles. The van der Waals surface area contributed by atoms with E-state index in [2.05, 4.69) is 95.0 Å². The number of hydrogen-bond acceptors (Lipinski definition) is 2. The van der Waals surface area contributed by atoms with Crippen molar-refractivity contribution in [2.75, 3.05) is 33.2 Å². The van der Waals surface area contributed by atoms with Crippen molar-refractivity contribution < 1.29 is 0 Å². The molecule has 1 aromatic carbocycles. The predicted octanol–water partition coefficient (Wildman–Crippen LogP) is 8.33. The maximum absolute atomic E-state index is 4.12. The predicted molar refractivity (Wildman–Crippen MR) is 149 cm³/mol. The molecule has 0 radical (unpaired) electrons. The largest absolute Gasteiger partial charge is 0.299 e. The minimum atomic E-state index is 0.583. The van der Waals surface area contributed by atoms with Gasteiger partial charge in [-0.25, -0.2) is 0 Å². The van der Waals surface area contributed by atoms with E-state index in [-0.39, 0.29) is 0 Å².